The standard InChI is InChI=1S/C29H26ClN5O2/c30-24-6-4-5-21(13-24)18-34-12-11-27(29(34)36)33-17-25-16-32-20-35(25)19-22-9-10-23(15-31)28(14-22)37-26-7-2-1-3-8-26/h1-10,13-14,16,20,27,33H,11-12,17-19H2. The van der Waals surface area contributed by atoms with Gasteiger partial charge in [-0.2, -0.15) is 5.26 Å². The first-order valence-electron chi connectivity index (χ1n) is 12.1. The molecule has 0 saturated carbocycles. The minimum Gasteiger partial charge on any atom is -0.456 e. The average molecular weight is 512 g/mol. The summed E-state index contributed by atoms with van der Waals surface area (Å²) in [4.78, 5) is 19.1. The lowest BCUT2D eigenvalue weighted by molar-refractivity contribution is -0.129. The van der Waals surface area contributed by atoms with Gasteiger partial charge in [0.05, 0.1) is 23.6 Å². The van der Waals surface area contributed by atoms with Gasteiger partial charge in [-0.15, -0.1) is 0 Å². The summed E-state index contributed by atoms with van der Waals surface area (Å²) in [5.41, 5.74) is 3.45. The number of carbonyl (C=O) groups excluding carboxylic acids is 1. The van der Waals surface area contributed by atoms with Crippen molar-refractivity contribution in [2.45, 2.75) is 32.1 Å². The molecule has 186 valence electrons. The first-order chi connectivity index (χ1) is 18.1. The lowest BCUT2D eigenvalue weighted by Crippen LogP contribution is -2.38. The van der Waals surface area contributed by atoms with Gasteiger partial charge in [0.2, 0.25) is 5.91 Å². The van der Waals surface area contributed by atoms with Crippen LogP contribution in [0.25, 0.3) is 0 Å². The number of aromatic nitrogens is 2. The number of nitrogens with zero attached hydrogens (tertiary/aromatic N) is 4. The van der Waals surface area contributed by atoms with E-state index in [0.29, 0.717) is 48.3 Å². The summed E-state index contributed by atoms with van der Waals surface area (Å²) in [6.45, 7) is 2.34. The van der Waals surface area contributed by atoms with Gasteiger partial charge in [0.15, 0.2) is 0 Å². The van der Waals surface area contributed by atoms with Crippen LogP contribution in [0.4, 0.5) is 0 Å². The smallest absolute Gasteiger partial charge is 0.240 e. The molecule has 1 aromatic heterocycles. The maximum absolute atomic E-state index is 12.9. The number of halogens is 1. The molecular weight excluding hydrogens is 486 g/mol. The molecule has 1 aliphatic heterocycles. The maximum atomic E-state index is 12.9. The Hall–Kier alpha value is -4.12. The molecule has 8 heteroatoms. The zero-order chi connectivity index (χ0) is 25.6. The highest BCUT2D eigenvalue weighted by molar-refractivity contribution is 6.30. The van der Waals surface area contributed by atoms with Gasteiger partial charge in [0.25, 0.3) is 0 Å². The fourth-order valence-corrected chi connectivity index (χ4v) is 4.67. The summed E-state index contributed by atoms with van der Waals surface area (Å²) in [6.07, 6.45) is 4.33. The second kappa shape index (κ2) is 11.3. The second-order valence-electron chi connectivity index (χ2n) is 8.98. The van der Waals surface area contributed by atoms with Crippen LogP contribution in [0.15, 0.2) is 85.3 Å². The van der Waals surface area contributed by atoms with E-state index >= 15 is 0 Å². The number of rotatable bonds is 9. The number of hydrogen-bond donors (Lipinski definition) is 1. The largest absolute Gasteiger partial charge is 0.456 e. The van der Waals surface area contributed by atoms with Crippen molar-refractivity contribution in [3.8, 4) is 17.6 Å². The van der Waals surface area contributed by atoms with Crippen molar-refractivity contribution >= 4 is 17.5 Å². The number of nitrogens with one attached hydrogen (secondary N) is 1. The van der Waals surface area contributed by atoms with Crippen molar-refractivity contribution in [2.75, 3.05) is 6.54 Å². The third kappa shape index (κ3) is 6.00. The van der Waals surface area contributed by atoms with E-state index in [9.17, 15) is 10.1 Å². The van der Waals surface area contributed by atoms with Crippen molar-refractivity contribution in [1.29, 1.82) is 5.26 Å². The number of imidazole rings is 1. The van der Waals surface area contributed by atoms with E-state index in [1.807, 2.05) is 76.2 Å². The van der Waals surface area contributed by atoms with Crippen LogP contribution in [0.1, 0.15) is 28.8 Å². The number of carbonyl (C=O) groups is 1. The summed E-state index contributed by atoms with van der Waals surface area (Å²) in [5.74, 6) is 1.29. The van der Waals surface area contributed by atoms with Crippen molar-refractivity contribution < 1.29 is 9.53 Å². The van der Waals surface area contributed by atoms with Gasteiger partial charge in [0.1, 0.15) is 17.6 Å². The fourth-order valence-electron chi connectivity index (χ4n) is 4.46. The van der Waals surface area contributed by atoms with Crippen LogP contribution in [0.2, 0.25) is 5.02 Å². The van der Waals surface area contributed by atoms with Gasteiger partial charge in [-0.25, -0.2) is 4.98 Å². The number of hydrogen-bond acceptors (Lipinski definition) is 5. The van der Waals surface area contributed by atoms with Crippen LogP contribution in [-0.2, 0) is 24.4 Å². The quantitative estimate of drug-likeness (QED) is 0.336. The molecule has 1 amide bonds. The van der Waals surface area contributed by atoms with E-state index in [1.54, 1.807) is 18.6 Å². The summed E-state index contributed by atoms with van der Waals surface area (Å²) < 4.78 is 8.00. The van der Waals surface area contributed by atoms with Crippen LogP contribution in [0.3, 0.4) is 0 Å². The Morgan fingerprint density at radius 2 is 1.89 bits per heavy atom. The molecule has 0 spiro atoms. The first-order valence-corrected chi connectivity index (χ1v) is 12.5. The zero-order valence-corrected chi connectivity index (χ0v) is 20.9. The minimum absolute atomic E-state index is 0.0980. The second-order valence-corrected chi connectivity index (χ2v) is 9.42. The monoisotopic (exact) mass is 511 g/mol. The van der Waals surface area contributed by atoms with Crippen molar-refractivity contribution in [2.24, 2.45) is 0 Å². The Balaban J connectivity index is 1.21. The minimum atomic E-state index is -0.233. The maximum Gasteiger partial charge on any atom is 0.240 e. The average Bonchev–Trinajstić information content (AvgIpc) is 3.49. The van der Waals surface area contributed by atoms with Gasteiger partial charge in [-0.3, -0.25) is 4.79 Å². The fraction of sp³-hybridized carbons (Fsp3) is 0.207. The third-order valence-electron chi connectivity index (χ3n) is 6.38. The molecule has 1 fully saturated rings. The summed E-state index contributed by atoms with van der Waals surface area (Å²) >= 11 is 6.09. The summed E-state index contributed by atoms with van der Waals surface area (Å²) in [6, 6.07) is 24.6. The van der Waals surface area contributed by atoms with Gasteiger partial charge >= 0.3 is 0 Å². The molecule has 5 rings (SSSR count). The molecule has 7 nitrogen and oxygen atoms in total. The molecule has 1 saturated heterocycles. The van der Waals surface area contributed by atoms with Crippen molar-refractivity contribution in [3.05, 3.63) is 113 Å². The number of amides is 1. The summed E-state index contributed by atoms with van der Waals surface area (Å²) in [5, 5.41) is 13.6. The molecule has 1 unspecified atom stereocenters. The molecule has 3 aromatic carbocycles. The Kier molecular flexibility index (Phi) is 7.50. The molecule has 37 heavy (non-hydrogen) atoms. The van der Waals surface area contributed by atoms with E-state index in [4.69, 9.17) is 16.3 Å². The topological polar surface area (TPSA) is 83.2 Å². The first kappa shape index (κ1) is 24.6. The van der Waals surface area contributed by atoms with Crippen molar-refractivity contribution in [1.82, 2.24) is 19.8 Å². The predicted octanol–water partition coefficient (Wildman–Crippen LogP) is 5.14. The molecule has 4 aromatic rings. The Morgan fingerprint density at radius 1 is 1.05 bits per heavy atom. The molecule has 0 radical (unpaired) electrons. The van der Waals surface area contributed by atoms with E-state index in [1.165, 1.54) is 0 Å². The molecule has 1 atom stereocenters. The molecule has 1 N–H and O–H groups in total. The van der Waals surface area contributed by atoms with Crippen LogP contribution in [0, 0.1) is 11.3 Å². The number of para-hydroxylation sites is 1. The van der Waals surface area contributed by atoms with Crippen molar-refractivity contribution in [3.63, 3.8) is 0 Å². The normalized spacial score (nSPS) is 15.1. The SMILES string of the molecule is N#Cc1ccc(Cn2cncc2CNC2CCN(Cc3cccc(Cl)c3)C2=O)cc1Oc1ccccc1. The van der Waals surface area contributed by atoms with E-state index in [2.05, 4.69) is 16.4 Å². The van der Waals surface area contributed by atoms with E-state index < -0.39 is 0 Å². The lowest BCUT2D eigenvalue weighted by atomic mass is 10.1. The van der Waals surface area contributed by atoms with Crippen LogP contribution < -0.4 is 10.1 Å². The highest BCUT2D eigenvalue weighted by atomic mass is 35.5. The molecule has 1 aliphatic rings. The number of ether oxygens (including phenoxy) is 1. The molecule has 0 bridgehead atoms. The number of benzene rings is 3. The van der Waals surface area contributed by atoms with E-state index in [-0.39, 0.29) is 11.9 Å². The van der Waals surface area contributed by atoms with Crippen LogP contribution in [0.5, 0.6) is 11.5 Å². The predicted molar refractivity (Wildman–Crippen MR) is 141 cm³/mol. The lowest BCUT2D eigenvalue weighted by Gasteiger charge is -2.18. The van der Waals surface area contributed by atoms with Gasteiger partial charge in [-0.1, -0.05) is 48.0 Å². The Bertz CT molecular complexity index is 1430. The highest BCUT2D eigenvalue weighted by Gasteiger charge is 2.31. The molecular formula is C29H26ClN5O2. The van der Waals surface area contributed by atoms with E-state index in [0.717, 1.165) is 23.2 Å². The summed E-state index contributed by atoms with van der Waals surface area (Å²) in [7, 11) is 0. The highest BCUT2D eigenvalue weighted by Crippen LogP contribution is 2.27. The van der Waals surface area contributed by atoms with Crippen LogP contribution in [-0.4, -0.2) is 32.9 Å². The Morgan fingerprint density at radius 3 is 2.70 bits per heavy atom. The van der Waals surface area contributed by atoms with Crippen LogP contribution >= 0.6 is 11.6 Å². The third-order valence-corrected chi connectivity index (χ3v) is 6.61. The van der Waals surface area contributed by atoms with Gasteiger partial charge in [0, 0.05) is 37.4 Å². The number of likely N-dealkylation sites (tertiary alicyclic amines) is 1. The Labute approximate surface area is 220 Å². The molecule has 0 aliphatic carbocycles. The zero-order valence-electron chi connectivity index (χ0n) is 20.2. The number of nitriles is 1. The van der Waals surface area contributed by atoms with Gasteiger partial charge < -0.3 is 19.5 Å². The van der Waals surface area contributed by atoms with Gasteiger partial charge in [-0.05, 0) is 53.9 Å². The molecule has 2 heterocycles.